The second-order valence-corrected chi connectivity index (χ2v) is 6.77. The second kappa shape index (κ2) is 7.56. The van der Waals surface area contributed by atoms with Crippen LogP contribution in [-0.4, -0.2) is 19.0 Å². The monoisotopic (exact) mass is 317 g/mol. The van der Waals surface area contributed by atoms with E-state index in [1.165, 1.54) is 20.9 Å². The van der Waals surface area contributed by atoms with Gasteiger partial charge in [-0.05, 0) is 45.4 Å². The Morgan fingerprint density at radius 2 is 1.77 bits per heavy atom. The lowest BCUT2D eigenvalue weighted by Crippen LogP contribution is -3.10. The molecule has 2 rings (SSSR count). The Kier molecular flexibility index (Phi) is 5.75. The molecule has 3 nitrogen and oxygen atoms in total. The predicted octanol–water partition coefficient (Wildman–Crippen LogP) is 3.04. The number of anilines is 1. The molecule has 1 aromatic heterocycles. The molecule has 0 saturated carbocycles. The lowest BCUT2D eigenvalue weighted by Gasteiger charge is -2.16. The van der Waals surface area contributed by atoms with E-state index in [0.717, 1.165) is 24.6 Å². The second-order valence-electron chi connectivity index (χ2n) is 5.54. The SMILES string of the molecule is CC[NH+](CC)Cc1c(NC(=O)c2ccccc2)sc(C)c1C. The zero-order valence-electron chi connectivity index (χ0n) is 13.8. The Labute approximate surface area is 137 Å². The van der Waals surface area contributed by atoms with E-state index < -0.39 is 0 Å². The maximum absolute atomic E-state index is 12.4. The van der Waals surface area contributed by atoms with Crippen molar-refractivity contribution >= 4 is 22.2 Å². The Morgan fingerprint density at radius 3 is 2.36 bits per heavy atom. The highest BCUT2D eigenvalue weighted by atomic mass is 32.1. The van der Waals surface area contributed by atoms with Crippen LogP contribution in [0.5, 0.6) is 0 Å². The van der Waals surface area contributed by atoms with Crippen LogP contribution in [0.25, 0.3) is 0 Å². The summed E-state index contributed by atoms with van der Waals surface area (Å²) < 4.78 is 0. The topological polar surface area (TPSA) is 33.5 Å². The summed E-state index contributed by atoms with van der Waals surface area (Å²) in [5.41, 5.74) is 3.30. The van der Waals surface area contributed by atoms with Crippen LogP contribution in [-0.2, 0) is 6.54 Å². The summed E-state index contributed by atoms with van der Waals surface area (Å²) >= 11 is 1.68. The van der Waals surface area contributed by atoms with Gasteiger partial charge in [0.2, 0.25) is 0 Å². The Hall–Kier alpha value is -1.65. The van der Waals surface area contributed by atoms with Gasteiger partial charge in [-0.25, -0.2) is 0 Å². The van der Waals surface area contributed by atoms with Crippen LogP contribution in [0.2, 0.25) is 0 Å². The molecule has 0 radical (unpaired) electrons. The molecule has 2 N–H and O–H groups in total. The van der Waals surface area contributed by atoms with Gasteiger partial charge in [-0.2, -0.15) is 0 Å². The molecule has 1 amide bonds. The molecule has 0 spiro atoms. The van der Waals surface area contributed by atoms with E-state index in [0.29, 0.717) is 5.56 Å². The minimum Gasteiger partial charge on any atom is -0.332 e. The third-order valence-electron chi connectivity index (χ3n) is 4.20. The van der Waals surface area contributed by atoms with Crippen molar-refractivity contribution < 1.29 is 9.69 Å². The van der Waals surface area contributed by atoms with Crippen LogP contribution < -0.4 is 10.2 Å². The van der Waals surface area contributed by atoms with Gasteiger partial charge in [-0.3, -0.25) is 4.79 Å². The highest BCUT2D eigenvalue weighted by Gasteiger charge is 2.19. The normalized spacial score (nSPS) is 11.0. The average Bonchev–Trinajstić information content (AvgIpc) is 2.80. The van der Waals surface area contributed by atoms with Crippen molar-refractivity contribution in [2.24, 2.45) is 0 Å². The fourth-order valence-electron chi connectivity index (χ4n) is 2.50. The fraction of sp³-hybridized carbons (Fsp3) is 0.389. The van der Waals surface area contributed by atoms with Crippen molar-refractivity contribution in [2.75, 3.05) is 18.4 Å². The van der Waals surface area contributed by atoms with E-state index in [1.54, 1.807) is 11.3 Å². The summed E-state index contributed by atoms with van der Waals surface area (Å²) in [5.74, 6) is -0.0300. The summed E-state index contributed by atoms with van der Waals surface area (Å²) in [7, 11) is 0. The molecule has 4 heteroatoms. The van der Waals surface area contributed by atoms with Gasteiger partial charge in [0.15, 0.2) is 0 Å². The zero-order chi connectivity index (χ0) is 16.1. The number of carbonyl (C=O) groups is 1. The number of rotatable bonds is 6. The quantitative estimate of drug-likeness (QED) is 0.843. The molecular formula is C18H25N2OS+. The molecule has 0 aliphatic rings. The van der Waals surface area contributed by atoms with Gasteiger partial charge in [0.25, 0.3) is 5.91 Å². The summed E-state index contributed by atoms with van der Waals surface area (Å²) in [4.78, 5) is 15.2. The van der Waals surface area contributed by atoms with Crippen molar-refractivity contribution in [3.8, 4) is 0 Å². The first-order valence-electron chi connectivity index (χ1n) is 7.85. The first kappa shape index (κ1) is 16.7. The molecule has 0 atom stereocenters. The zero-order valence-corrected chi connectivity index (χ0v) is 14.6. The summed E-state index contributed by atoms with van der Waals surface area (Å²) in [6, 6.07) is 9.39. The number of quaternary nitrogens is 1. The third-order valence-corrected chi connectivity index (χ3v) is 5.36. The molecule has 1 aromatic carbocycles. The van der Waals surface area contributed by atoms with E-state index in [1.807, 2.05) is 30.3 Å². The smallest absolute Gasteiger partial charge is 0.256 e. The van der Waals surface area contributed by atoms with Gasteiger partial charge < -0.3 is 10.2 Å². The minimum absolute atomic E-state index is 0.0300. The molecule has 1 heterocycles. The van der Waals surface area contributed by atoms with E-state index >= 15 is 0 Å². The molecule has 0 aliphatic heterocycles. The van der Waals surface area contributed by atoms with Crippen LogP contribution in [0, 0.1) is 13.8 Å². The van der Waals surface area contributed by atoms with E-state index in [4.69, 9.17) is 0 Å². The summed E-state index contributed by atoms with van der Waals surface area (Å²) in [6.07, 6.45) is 0. The molecule has 2 aromatic rings. The number of amides is 1. The minimum atomic E-state index is -0.0300. The van der Waals surface area contributed by atoms with Crippen molar-refractivity contribution in [1.29, 1.82) is 0 Å². The average molecular weight is 317 g/mol. The number of thiophene rings is 1. The van der Waals surface area contributed by atoms with Crippen molar-refractivity contribution in [2.45, 2.75) is 34.2 Å². The number of nitrogens with one attached hydrogen (secondary N) is 2. The van der Waals surface area contributed by atoms with Gasteiger partial charge in [-0.1, -0.05) is 18.2 Å². The number of hydrogen-bond acceptors (Lipinski definition) is 2. The number of hydrogen-bond donors (Lipinski definition) is 2. The summed E-state index contributed by atoms with van der Waals surface area (Å²) in [6.45, 7) is 11.8. The van der Waals surface area contributed by atoms with E-state index in [9.17, 15) is 4.79 Å². The third kappa shape index (κ3) is 3.76. The number of carbonyl (C=O) groups excluding carboxylic acids is 1. The maximum atomic E-state index is 12.4. The van der Waals surface area contributed by atoms with Crippen molar-refractivity contribution in [3.05, 3.63) is 51.9 Å². The Morgan fingerprint density at radius 1 is 1.14 bits per heavy atom. The van der Waals surface area contributed by atoms with Gasteiger partial charge >= 0.3 is 0 Å². The van der Waals surface area contributed by atoms with Crippen LogP contribution in [0.1, 0.15) is 40.2 Å². The molecule has 0 aliphatic carbocycles. The highest BCUT2D eigenvalue weighted by Crippen LogP contribution is 2.32. The number of benzene rings is 1. The van der Waals surface area contributed by atoms with Crippen LogP contribution in [0.15, 0.2) is 30.3 Å². The standard InChI is InChI=1S/C18H24N2OS/c1-5-20(6-2)12-16-13(3)14(4)22-18(16)19-17(21)15-10-8-7-9-11-15/h7-11H,5-6,12H2,1-4H3,(H,19,21)/p+1. The largest absolute Gasteiger partial charge is 0.332 e. The predicted molar refractivity (Wildman–Crippen MR) is 93.9 cm³/mol. The van der Waals surface area contributed by atoms with Crippen molar-refractivity contribution in [3.63, 3.8) is 0 Å². The fourth-order valence-corrected chi connectivity index (χ4v) is 3.58. The number of aryl methyl sites for hydroxylation is 1. The van der Waals surface area contributed by atoms with Crippen LogP contribution in [0.3, 0.4) is 0 Å². The first-order chi connectivity index (χ1) is 10.6. The summed E-state index contributed by atoms with van der Waals surface area (Å²) in [5, 5.41) is 4.11. The van der Waals surface area contributed by atoms with Gasteiger partial charge in [0.1, 0.15) is 11.5 Å². The molecule has 0 fully saturated rings. The van der Waals surface area contributed by atoms with Crippen LogP contribution in [0.4, 0.5) is 5.00 Å². The molecule has 0 bridgehead atoms. The van der Waals surface area contributed by atoms with Crippen LogP contribution >= 0.6 is 11.3 Å². The molecule has 0 saturated heterocycles. The molecule has 22 heavy (non-hydrogen) atoms. The lowest BCUT2D eigenvalue weighted by molar-refractivity contribution is -0.910. The maximum Gasteiger partial charge on any atom is 0.256 e. The molecule has 118 valence electrons. The Bertz CT molecular complexity index is 630. The van der Waals surface area contributed by atoms with E-state index in [-0.39, 0.29) is 5.91 Å². The molecular weight excluding hydrogens is 292 g/mol. The van der Waals surface area contributed by atoms with Gasteiger partial charge in [0.05, 0.1) is 13.1 Å². The highest BCUT2D eigenvalue weighted by molar-refractivity contribution is 7.16. The Balaban J connectivity index is 2.24. The van der Waals surface area contributed by atoms with Gasteiger partial charge in [-0.15, -0.1) is 11.3 Å². The van der Waals surface area contributed by atoms with E-state index in [2.05, 4.69) is 33.0 Å². The van der Waals surface area contributed by atoms with Crippen molar-refractivity contribution in [1.82, 2.24) is 0 Å². The first-order valence-corrected chi connectivity index (χ1v) is 8.67. The lowest BCUT2D eigenvalue weighted by atomic mass is 10.1. The molecule has 0 unspecified atom stereocenters. The van der Waals surface area contributed by atoms with Gasteiger partial charge in [0, 0.05) is 16.0 Å².